The van der Waals surface area contributed by atoms with Gasteiger partial charge in [-0.3, -0.25) is 4.68 Å². The van der Waals surface area contributed by atoms with Crippen molar-refractivity contribution in [1.82, 2.24) is 24.1 Å². The molecule has 9 nitrogen and oxygen atoms in total. The fraction of sp³-hybridized carbons (Fsp3) is 0.118. The van der Waals surface area contributed by atoms with Crippen molar-refractivity contribution in [3.63, 3.8) is 0 Å². The maximum Gasteiger partial charge on any atom is 0.372 e. The Morgan fingerprint density at radius 2 is 1.96 bits per heavy atom. The molecule has 26 heavy (non-hydrogen) atoms. The molecule has 9 heteroatoms. The van der Waals surface area contributed by atoms with Crippen LogP contribution in [0, 0.1) is 10.1 Å². The second-order valence-electron chi connectivity index (χ2n) is 5.70. The molecule has 0 unspecified atom stereocenters. The number of fused-ring (bicyclic) bond motifs is 1. The van der Waals surface area contributed by atoms with Crippen LogP contribution in [0.25, 0.3) is 5.65 Å². The number of aromatic nitrogens is 5. The maximum absolute atomic E-state index is 11.6. The minimum absolute atomic E-state index is 0.0971. The third kappa shape index (κ3) is 2.97. The van der Waals surface area contributed by atoms with E-state index in [-0.39, 0.29) is 17.7 Å². The fourth-order valence-corrected chi connectivity index (χ4v) is 2.85. The third-order valence-electron chi connectivity index (χ3n) is 4.03. The summed E-state index contributed by atoms with van der Waals surface area (Å²) in [5, 5.41) is 18.9. The number of hydrogen-bond donors (Lipinski definition) is 1. The van der Waals surface area contributed by atoms with E-state index in [1.165, 1.54) is 10.7 Å². The van der Waals surface area contributed by atoms with Gasteiger partial charge in [-0.15, -0.1) is 0 Å². The fourth-order valence-electron chi connectivity index (χ4n) is 2.85. The molecule has 1 N–H and O–H groups in total. The molecule has 0 amide bonds. The lowest BCUT2D eigenvalue weighted by molar-refractivity contribution is -0.389. The van der Waals surface area contributed by atoms with Gasteiger partial charge in [-0.1, -0.05) is 36.4 Å². The number of hydrogen-bond acceptors (Lipinski definition) is 6. The van der Waals surface area contributed by atoms with Crippen LogP contribution < -0.4 is 5.32 Å². The molecule has 0 aliphatic carbocycles. The highest BCUT2D eigenvalue weighted by atomic mass is 16.6. The first kappa shape index (κ1) is 15.8. The van der Waals surface area contributed by atoms with E-state index in [0.717, 1.165) is 5.56 Å². The summed E-state index contributed by atoms with van der Waals surface area (Å²) in [6.45, 7) is 0.453. The van der Waals surface area contributed by atoms with E-state index in [2.05, 4.69) is 20.4 Å². The molecule has 3 aromatic heterocycles. The van der Waals surface area contributed by atoms with E-state index in [0.29, 0.717) is 12.2 Å². The van der Waals surface area contributed by atoms with E-state index in [9.17, 15) is 10.1 Å². The second kappa shape index (κ2) is 6.63. The summed E-state index contributed by atoms with van der Waals surface area (Å²) in [6, 6.07) is 14.7. The molecule has 4 rings (SSSR count). The van der Waals surface area contributed by atoms with Crippen molar-refractivity contribution in [3.8, 4) is 0 Å². The standard InChI is InChI=1S/C17H15N7O2/c25-24(26)17-16(21-15-8-4-5-9-23(15)17)20-14(10-22-12-18-11-19-22)13-6-2-1-3-7-13/h1-9,11-12,14,20H,10H2/t14-/m1/s1. The monoisotopic (exact) mass is 349 g/mol. The summed E-state index contributed by atoms with van der Waals surface area (Å²) in [5.41, 5.74) is 1.48. The Labute approximate surface area is 148 Å². The van der Waals surface area contributed by atoms with Crippen LogP contribution in [-0.2, 0) is 6.54 Å². The smallest absolute Gasteiger partial charge is 0.358 e. The zero-order chi connectivity index (χ0) is 17.9. The topological polar surface area (TPSA) is 103 Å². The number of nitrogens with one attached hydrogen (secondary N) is 1. The molecule has 0 fully saturated rings. The summed E-state index contributed by atoms with van der Waals surface area (Å²) < 4.78 is 3.13. The van der Waals surface area contributed by atoms with E-state index >= 15 is 0 Å². The highest BCUT2D eigenvalue weighted by Gasteiger charge is 2.25. The predicted octanol–water partition coefficient (Wildman–Crippen LogP) is 2.69. The summed E-state index contributed by atoms with van der Waals surface area (Å²) in [7, 11) is 0. The summed E-state index contributed by atoms with van der Waals surface area (Å²) >= 11 is 0. The van der Waals surface area contributed by atoms with E-state index < -0.39 is 4.92 Å². The lowest BCUT2D eigenvalue weighted by Gasteiger charge is -2.18. The van der Waals surface area contributed by atoms with Crippen molar-refractivity contribution in [1.29, 1.82) is 0 Å². The van der Waals surface area contributed by atoms with Gasteiger partial charge in [0.2, 0.25) is 11.5 Å². The number of benzene rings is 1. The Morgan fingerprint density at radius 1 is 1.15 bits per heavy atom. The quantitative estimate of drug-likeness (QED) is 0.424. The van der Waals surface area contributed by atoms with Crippen molar-refractivity contribution in [2.75, 3.05) is 5.32 Å². The summed E-state index contributed by atoms with van der Waals surface area (Å²) in [4.78, 5) is 19.5. The van der Waals surface area contributed by atoms with Crippen LogP contribution in [0.5, 0.6) is 0 Å². The van der Waals surface area contributed by atoms with Crippen LogP contribution in [0.15, 0.2) is 67.4 Å². The molecule has 4 aromatic rings. The molecule has 1 atom stereocenters. The molecule has 0 saturated carbocycles. The van der Waals surface area contributed by atoms with Crippen molar-refractivity contribution < 1.29 is 4.92 Å². The molecule has 0 aliphatic heterocycles. The Bertz CT molecular complexity index is 1030. The molecule has 0 bridgehead atoms. The zero-order valence-electron chi connectivity index (χ0n) is 13.6. The van der Waals surface area contributed by atoms with Gasteiger partial charge in [0, 0.05) is 6.07 Å². The van der Waals surface area contributed by atoms with Crippen LogP contribution in [0.3, 0.4) is 0 Å². The molecule has 130 valence electrons. The average molecular weight is 349 g/mol. The number of imidazole rings is 1. The van der Waals surface area contributed by atoms with Crippen LogP contribution in [0.4, 0.5) is 11.6 Å². The molecule has 1 aromatic carbocycles. The normalized spacial score (nSPS) is 12.2. The highest BCUT2D eigenvalue weighted by molar-refractivity contribution is 5.62. The largest absolute Gasteiger partial charge is 0.372 e. The van der Waals surface area contributed by atoms with E-state index in [1.54, 1.807) is 35.4 Å². The van der Waals surface area contributed by atoms with Crippen LogP contribution in [0.2, 0.25) is 0 Å². The van der Waals surface area contributed by atoms with Crippen LogP contribution >= 0.6 is 0 Å². The first-order chi connectivity index (χ1) is 12.7. The lowest BCUT2D eigenvalue weighted by Crippen LogP contribution is -2.18. The predicted molar refractivity (Wildman–Crippen MR) is 94.7 cm³/mol. The van der Waals surface area contributed by atoms with Crippen molar-refractivity contribution in [2.24, 2.45) is 0 Å². The van der Waals surface area contributed by atoms with Gasteiger partial charge in [0.1, 0.15) is 12.7 Å². The van der Waals surface area contributed by atoms with Crippen molar-refractivity contribution >= 4 is 17.3 Å². The molecule has 0 radical (unpaired) electrons. The third-order valence-corrected chi connectivity index (χ3v) is 4.03. The zero-order valence-corrected chi connectivity index (χ0v) is 13.6. The van der Waals surface area contributed by atoms with E-state index in [1.807, 2.05) is 30.3 Å². The van der Waals surface area contributed by atoms with Gasteiger partial charge < -0.3 is 15.4 Å². The minimum atomic E-state index is -0.431. The Morgan fingerprint density at radius 3 is 2.69 bits per heavy atom. The number of nitro groups is 1. The maximum atomic E-state index is 11.6. The highest BCUT2D eigenvalue weighted by Crippen LogP contribution is 2.29. The molecule has 0 aliphatic rings. The molecular weight excluding hydrogens is 334 g/mol. The van der Waals surface area contributed by atoms with Gasteiger partial charge in [0.05, 0.1) is 18.8 Å². The van der Waals surface area contributed by atoms with Crippen LogP contribution in [-0.4, -0.2) is 29.1 Å². The first-order valence-corrected chi connectivity index (χ1v) is 7.98. The Kier molecular flexibility index (Phi) is 4.02. The van der Waals surface area contributed by atoms with Gasteiger partial charge >= 0.3 is 5.82 Å². The molecule has 0 spiro atoms. The number of pyridine rings is 1. The van der Waals surface area contributed by atoms with Gasteiger partial charge in [0.15, 0.2) is 0 Å². The molecule has 0 saturated heterocycles. The van der Waals surface area contributed by atoms with E-state index in [4.69, 9.17) is 0 Å². The molecular formula is C17H15N7O2. The van der Waals surface area contributed by atoms with Crippen molar-refractivity contribution in [3.05, 3.63) is 83.1 Å². The Balaban J connectivity index is 1.75. The molecule has 3 heterocycles. The minimum Gasteiger partial charge on any atom is -0.358 e. The second-order valence-corrected chi connectivity index (χ2v) is 5.70. The lowest BCUT2D eigenvalue weighted by atomic mass is 10.1. The SMILES string of the molecule is O=[N+]([O-])c1c(N[C@H](Cn2cncn2)c2ccccc2)nc2ccccn12. The average Bonchev–Trinajstić information content (AvgIpc) is 3.29. The summed E-state index contributed by atoms with van der Waals surface area (Å²) in [6.07, 6.45) is 4.69. The van der Waals surface area contributed by atoms with Crippen LogP contribution in [0.1, 0.15) is 11.6 Å². The van der Waals surface area contributed by atoms with Gasteiger partial charge in [0.25, 0.3) is 0 Å². The summed E-state index contributed by atoms with van der Waals surface area (Å²) in [5.74, 6) is 0.121. The van der Waals surface area contributed by atoms with Gasteiger partial charge in [-0.25, -0.2) is 4.98 Å². The number of anilines is 1. The van der Waals surface area contributed by atoms with Gasteiger partial charge in [-0.05, 0) is 16.6 Å². The van der Waals surface area contributed by atoms with Crippen molar-refractivity contribution in [2.45, 2.75) is 12.6 Å². The first-order valence-electron chi connectivity index (χ1n) is 7.98. The Hall–Kier alpha value is -3.75. The number of rotatable bonds is 6. The van der Waals surface area contributed by atoms with Gasteiger partial charge in [-0.2, -0.15) is 14.5 Å². The number of nitrogens with zero attached hydrogens (tertiary/aromatic N) is 6.